The van der Waals surface area contributed by atoms with Crippen LogP contribution in [-0.2, 0) is 15.3 Å². The van der Waals surface area contributed by atoms with Crippen LogP contribution in [-0.4, -0.2) is 40.9 Å². The summed E-state index contributed by atoms with van der Waals surface area (Å²) in [5.41, 5.74) is 2.48. The van der Waals surface area contributed by atoms with Crippen LogP contribution in [0.5, 0.6) is 0 Å². The van der Waals surface area contributed by atoms with Gasteiger partial charge in [-0.2, -0.15) is 0 Å². The van der Waals surface area contributed by atoms with Crippen molar-refractivity contribution in [2.24, 2.45) is 0 Å². The second-order valence-corrected chi connectivity index (χ2v) is 12.1. The largest absolute Gasteiger partial charge is 0.299 e. The molecule has 0 saturated heterocycles. The van der Waals surface area contributed by atoms with Crippen molar-refractivity contribution in [1.29, 1.82) is 0 Å². The van der Waals surface area contributed by atoms with Crippen LogP contribution in [0.25, 0.3) is 11.4 Å². The van der Waals surface area contributed by atoms with Gasteiger partial charge in [0.05, 0.1) is 5.75 Å². The van der Waals surface area contributed by atoms with Crippen LogP contribution in [0.4, 0.5) is 0 Å². The summed E-state index contributed by atoms with van der Waals surface area (Å²) in [6.07, 6.45) is 7.26. The fraction of sp³-hybridized carbons (Fsp3) is 0.619. The molecule has 1 aliphatic carbocycles. The van der Waals surface area contributed by atoms with Gasteiger partial charge in [-0.15, -0.1) is 10.2 Å². The zero-order chi connectivity index (χ0) is 20.4. The molecule has 0 amide bonds. The zero-order valence-electron chi connectivity index (χ0n) is 17.3. The first-order valence-electron chi connectivity index (χ1n) is 10.0. The van der Waals surface area contributed by atoms with E-state index in [1.807, 2.05) is 0 Å². The molecule has 0 N–H and O–H groups in total. The molecule has 5 nitrogen and oxygen atoms in total. The van der Waals surface area contributed by atoms with Gasteiger partial charge in [-0.25, -0.2) is 8.42 Å². The van der Waals surface area contributed by atoms with Gasteiger partial charge in [0.2, 0.25) is 0 Å². The van der Waals surface area contributed by atoms with E-state index >= 15 is 0 Å². The minimum atomic E-state index is -2.97. The summed E-state index contributed by atoms with van der Waals surface area (Å²) in [4.78, 5) is 0. The minimum absolute atomic E-state index is 0.113. The van der Waals surface area contributed by atoms with Crippen molar-refractivity contribution >= 4 is 21.6 Å². The first kappa shape index (κ1) is 21.4. The van der Waals surface area contributed by atoms with E-state index in [4.69, 9.17) is 0 Å². The number of aromatic nitrogens is 3. The van der Waals surface area contributed by atoms with Gasteiger partial charge in [0.1, 0.15) is 9.84 Å². The molecule has 0 aliphatic heterocycles. The van der Waals surface area contributed by atoms with E-state index in [9.17, 15) is 8.42 Å². The normalized spacial score (nSPS) is 16.4. The van der Waals surface area contributed by atoms with Gasteiger partial charge >= 0.3 is 0 Å². The molecule has 0 bridgehead atoms. The van der Waals surface area contributed by atoms with Gasteiger partial charge < -0.3 is 0 Å². The van der Waals surface area contributed by atoms with E-state index in [0.717, 1.165) is 29.4 Å². The van der Waals surface area contributed by atoms with Crippen molar-refractivity contribution in [3.8, 4) is 11.4 Å². The van der Waals surface area contributed by atoms with Crippen LogP contribution in [0, 0.1) is 0 Å². The molecular weight excluding hydrogens is 390 g/mol. The predicted molar refractivity (Wildman–Crippen MR) is 117 cm³/mol. The van der Waals surface area contributed by atoms with Gasteiger partial charge in [-0.1, -0.05) is 76.1 Å². The lowest BCUT2D eigenvalue weighted by molar-refractivity contribution is 0.339. The Morgan fingerprint density at radius 2 is 1.71 bits per heavy atom. The maximum atomic E-state index is 11.5. The molecule has 154 valence electrons. The summed E-state index contributed by atoms with van der Waals surface area (Å²) in [5, 5.41) is 9.79. The lowest BCUT2D eigenvalue weighted by Crippen LogP contribution is -2.16. The fourth-order valence-corrected chi connectivity index (χ4v) is 5.84. The predicted octanol–water partition coefficient (Wildman–Crippen LogP) is 4.88. The Balaban J connectivity index is 1.91. The van der Waals surface area contributed by atoms with E-state index < -0.39 is 9.84 Å². The second kappa shape index (κ2) is 8.57. The van der Waals surface area contributed by atoms with Crippen molar-refractivity contribution < 1.29 is 8.42 Å². The van der Waals surface area contributed by atoms with Gasteiger partial charge in [-0.3, -0.25) is 4.57 Å². The summed E-state index contributed by atoms with van der Waals surface area (Å²) in [7, 11) is -2.97. The number of benzene rings is 1. The smallest absolute Gasteiger partial charge is 0.191 e. The van der Waals surface area contributed by atoms with Crippen molar-refractivity contribution in [1.82, 2.24) is 14.8 Å². The zero-order valence-corrected chi connectivity index (χ0v) is 18.9. The Labute approximate surface area is 173 Å². The first-order chi connectivity index (χ1) is 13.1. The van der Waals surface area contributed by atoms with Crippen molar-refractivity contribution in [3.05, 3.63) is 29.8 Å². The maximum absolute atomic E-state index is 11.5. The van der Waals surface area contributed by atoms with Gasteiger partial charge in [0.15, 0.2) is 11.0 Å². The highest BCUT2D eigenvalue weighted by Crippen LogP contribution is 2.36. The lowest BCUT2D eigenvalue weighted by Gasteiger charge is -2.26. The van der Waals surface area contributed by atoms with Crippen LogP contribution in [0.3, 0.4) is 0 Å². The van der Waals surface area contributed by atoms with Crippen molar-refractivity contribution in [2.45, 2.75) is 69.5 Å². The molecule has 0 spiro atoms. The molecule has 1 heterocycles. The molecule has 2 aromatic rings. The highest BCUT2D eigenvalue weighted by molar-refractivity contribution is 8.00. The lowest BCUT2D eigenvalue weighted by atomic mass is 9.86. The third kappa shape index (κ3) is 5.38. The Hall–Kier alpha value is -1.34. The van der Waals surface area contributed by atoms with Crippen molar-refractivity contribution in [2.75, 3.05) is 17.8 Å². The summed E-state index contributed by atoms with van der Waals surface area (Å²) >= 11 is 1.50. The van der Waals surface area contributed by atoms with Crippen LogP contribution < -0.4 is 0 Å². The fourth-order valence-electron chi connectivity index (χ4n) is 3.64. The van der Waals surface area contributed by atoms with E-state index in [2.05, 4.69) is 59.8 Å². The Morgan fingerprint density at radius 3 is 2.29 bits per heavy atom. The summed E-state index contributed by atoms with van der Waals surface area (Å²) in [6, 6.07) is 9.00. The number of thioether (sulfide) groups is 1. The van der Waals surface area contributed by atoms with E-state index in [1.165, 1.54) is 42.8 Å². The number of hydrogen-bond donors (Lipinski definition) is 0. The SMILES string of the molecule is CC(C)(C)c1ccc(-c2nnc(SCCS(C)(=O)=O)n2C2CCCCC2)cc1. The van der Waals surface area contributed by atoms with Crippen LogP contribution in [0.2, 0.25) is 0 Å². The van der Waals surface area contributed by atoms with Gasteiger partial charge in [-0.05, 0) is 23.8 Å². The molecule has 28 heavy (non-hydrogen) atoms. The van der Waals surface area contributed by atoms with Crippen LogP contribution in [0.15, 0.2) is 29.4 Å². The van der Waals surface area contributed by atoms with E-state index in [-0.39, 0.29) is 11.2 Å². The summed E-state index contributed by atoms with van der Waals surface area (Å²) < 4.78 is 25.2. The van der Waals surface area contributed by atoms with Gasteiger partial charge in [0.25, 0.3) is 0 Å². The number of hydrogen-bond acceptors (Lipinski definition) is 5. The molecule has 1 aromatic heterocycles. The average Bonchev–Trinajstić information content (AvgIpc) is 3.04. The molecular formula is C21H31N3O2S2. The second-order valence-electron chi connectivity index (χ2n) is 8.77. The standard InChI is InChI=1S/C21H31N3O2S2/c1-21(2,3)17-12-10-16(11-13-17)19-22-23-20(27-14-15-28(4,25)26)24(19)18-8-6-5-7-9-18/h10-13,18H,5-9,14-15H2,1-4H3. The molecule has 1 fully saturated rings. The third-order valence-corrected chi connectivity index (χ3v) is 7.45. The molecule has 0 radical (unpaired) electrons. The topological polar surface area (TPSA) is 64.8 Å². The summed E-state index contributed by atoms with van der Waals surface area (Å²) in [6.45, 7) is 6.63. The monoisotopic (exact) mass is 421 g/mol. The highest BCUT2D eigenvalue weighted by Gasteiger charge is 2.24. The van der Waals surface area contributed by atoms with Crippen LogP contribution >= 0.6 is 11.8 Å². The molecule has 1 aromatic carbocycles. The third-order valence-electron chi connectivity index (χ3n) is 5.30. The Bertz CT molecular complexity index is 891. The average molecular weight is 422 g/mol. The number of sulfone groups is 1. The molecule has 1 saturated carbocycles. The molecule has 7 heteroatoms. The van der Waals surface area contributed by atoms with Crippen molar-refractivity contribution in [3.63, 3.8) is 0 Å². The van der Waals surface area contributed by atoms with Crippen LogP contribution in [0.1, 0.15) is 64.5 Å². The Kier molecular flexibility index (Phi) is 6.54. The molecule has 0 atom stereocenters. The molecule has 1 aliphatic rings. The minimum Gasteiger partial charge on any atom is -0.299 e. The van der Waals surface area contributed by atoms with E-state index in [1.54, 1.807) is 0 Å². The number of rotatable bonds is 6. The molecule has 0 unspecified atom stereocenters. The first-order valence-corrected chi connectivity index (χ1v) is 13.1. The highest BCUT2D eigenvalue weighted by atomic mass is 32.2. The number of nitrogens with zero attached hydrogens (tertiary/aromatic N) is 3. The molecule has 3 rings (SSSR count). The Morgan fingerprint density at radius 1 is 1.07 bits per heavy atom. The van der Waals surface area contributed by atoms with E-state index in [0.29, 0.717) is 11.8 Å². The maximum Gasteiger partial charge on any atom is 0.191 e. The summed E-state index contributed by atoms with van der Waals surface area (Å²) in [5.74, 6) is 1.56. The van der Waals surface area contributed by atoms with Gasteiger partial charge in [0, 0.05) is 23.6 Å². The quantitative estimate of drug-likeness (QED) is 0.622.